The van der Waals surface area contributed by atoms with E-state index in [9.17, 15) is 32.7 Å². The van der Waals surface area contributed by atoms with Gasteiger partial charge in [0.25, 0.3) is 5.56 Å². The number of nitrogens with one attached hydrogen (secondary N) is 1. The Labute approximate surface area is 202 Å². The number of amides is 2. The van der Waals surface area contributed by atoms with Crippen molar-refractivity contribution in [2.24, 2.45) is 0 Å². The highest BCUT2D eigenvalue weighted by molar-refractivity contribution is 6.31. The number of halogens is 4. The standard InChI is InChI=1S/C24H21ClF3N3O4/c25-19-7-6-14(11-18(19)24(26,27)28)12-21(32)29-20-5-1-4-17-16(20)8-10-30(22(17)33)13-15-3-2-9-31(15)23(34)35/h1,4-8,10-11,15H,2-3,9,12-13H2,(H,29,32)(H,34,35). The van der Waals surface area contributed by atoms with Gasteiger partial charge >= 0.3 is 12.3 Å². The molecule has 1 atom stereocenters. The number of carbonyl (C=O) groups excluding carboxylic acids is 1. The molecule has 184 valence electrons. The molecule has 1 unspecified atom stereocenters. The van der Waals surface area contributed by atoms with Crippen molar-refractivity contribution in [3.05, 3.63) is 75.2 Å². The van der Waals surface area contributed by atoms with E-state index >= 15 is 0 Å². The number of carbonyl (C=O) groups is 2. The maximum Gasteiger partial charge on any atom is 0.417 e. The molecule has 1 aliphatic rings. The Morgan fingerprint density at radius 3 is 2.63 bits per heavy atom. The summed E-state index contributed by atoms with van der Waals surface area (Å²) in [6.07, 6.45) is -3.04. The van der Waals surface area contributed by atoms with E-state index < -0.39 is 28.8 Å². The van der Waals surface area contributed by atoms with Crippen molar-refractivity contribution in [1.82, 2.24) is 9.47 Å². The average Bonchev–Trinajstić information content (AvgIpc) is 3.25. The summed E-state index contributed by atoms with van der Waals surface area (Å²) in [7, 11) is 0. The number of pyridine rings is 1. The summed E-state index contributed by atoms with van der Waals surface area (Å²) < 4.78 is 40.7. The maximum atomic E-state index is 13.1. The molecule has 0 bridgehead atoms. The van der Waals surface area contributed by atoms with E-state index in [2.05, 4.69) is 5.32 Å². The van der Waals surface area contributed by atoms with Crippen LogP contribution in [-0.2, 0) is 23.9 Å². The number of aromatic nitrogens is 1. The lowest BCUT2D eigenvalue weighted by molar-refractivity contribution is -0.137. The van der Waals surface area contributed by atoms with Crippen molar-refractivity contribution in [2.75, 3.05) is 11.9 Å². The Morgan fingerprint density at radius 1 is 1.14 bits per heavy atom. The van der Waals surface area contributed by atoms with Crippen LogP contribution in [0.2, 0.25) is 5.02 Å². The molecule has 0 aliphatic carbocycles. The number of hydrogen-bond donors (Lipinski definition) is 2. The van der Waals surface area contributed by atoms with Crippen LogP contribution < -0.4 is 10.9 Å². The lowest BCUT2D eigenvalue weighted by Crippen LogP contribution is -2.39. The first-order chi connectivity index (χ1) is 16.5. The molecule has 0 radical (unpaired) electrons. The summed E-state index contributed by atoms with van der Waals surface area (Å²) in [5.41, 5.74) is -0.863. The number of likely N-dealkylation sites (tertiary alicyclic amines) is 1. The number of fused-ring (bicyclic) bond motifs is 1. The van der Waals surface area contributed by atoms with Crippen molar-refractivity contribution < 1.29 is 27.9 Å². The largest absolute Gasteiger partial charge is 0.465 e. The molecule has 11 heteroatoms. The normalized spacial score (nSPS) is 16.0. The van der Waals surface area contributed by atoms with Crippen LogP contribution >= 0.6 is 11.6 Å². The summed E-state index contributed by atoms with van der Waals surface area (Å²) >= 11 is 5.63. The summed E-state index contributed by atoms with van der Waals surface area (Å²) in [5.74, 6) is -0.555. The van der Waals surface area contributed by atoms with Crippen LogP contribution in [0.25, 0.3) is 10.8 Å². The third-order valence-corrected chi connectivity index (χ3v) is 6.35. The number of alkyl halides is 3. The molecular formula is C24H21ClF3N3O4. The molecule has 0 spiro atoms. The van der Waals surface area contributed by atoms with Gasteiger partial charge in [0, 0.05) is 35.7 Å². The third kappa shape index (κ3) is 5.27. The first-order valence-electron chi connectivity index (χ1n) is 10.8. The Hall–Kier alpha value is -3.53. The molecule has 1 saturated heterocycles. The summed E-state index contributed by atoms with van der Waals surface area (Å²) in [4.78, 5) is 38.4. The van der Waals surface area contributed by atoms with Crippen molar-refractivity contribution in [3.8, 4) is 0 Å². The maximum absolute atomic E-state index is 13.1. The quantitative estimate of drug-likeness (QED) is 0.508. The lowest BCUT2D eigenvalue weighted by atomic mass is 10.1. The number of benzene rings is 2. The molecule has 1 fully saturated rings. The summed E-state index contributed by atoms with van der Waals surface area (Å²) in [6, 6.07) is 9.42. The first-order valence-corrected chi connectivity index (χ1v) is 11.2. The predicted octanol–water partition coefficient (Wildman–Crippen LogP) is 5.00. The van der Waals surface area contributed by atoms with Gasteiger partial charge in [-0.15, -0.1) is 0 Å². The Balaban J connectivity index is 1.55. The van der Waals surface area contributed by atoms with E-state index in [0.29, 0.717) is 29.4 Å². The van der Waals surface area contributed by atoms with Crippen LogP contribution in [0.3, 0.4) is 0 Å². The molecule has 2 aromatic carbocycles. The SMILES string of the molecule is O=C(Cc1ccc(Cl)c(C(F)(F)F)c1)Nc1cccc2c(=O)n(CC3CCCN3C(=O)O)ccc12. The van der Waals surface area contributed by atoms with Crippen molar-refractivity contribution in [1.29, 1.82) is 0 Å². The van der Waals surface area contributed by atoms with Gasteiger partial charge in [0.2, 0.25) is 5.91 Å². The second-order valence-electron chi connectivity index (χ2n) is 8.35. The molecule has 1 aromatic heterocycles. The van der Waals surface area contributed by atoms with Gasteiger partial charge in [0.05, 0.1) is 23.0 Å². The average molecular weight is 508 g/mol. The Bertz CT molecular complexity index is 1360. The second kappa shape index (κ2) is 9.61. The van der Waals surface area contributed by atoms with E-state index in [4.69, 9.17) is 11.6 Å². The first kappa shape index (κ1) is 24.6. The van der Waals surface area contributed by atoms with Gasteiger partial charge in [-0.05, 0) is 48.7 Å². The number of anilines is 1. The molecule has 2 heterocycles. The highest BCUT2D eigenvalue weighted by Crippen LogP contribution is 2.35. The van der Waals surface area contributed by atoms with Crippen molar-refractivity contribution in [2.45, 2.75) is 38.0 Å². The number of rotatable bonds is 5. The molecule has 2 amide bonds. The van der Waals surface area contributed by atoms with Crippen LogP contribution in [0.15, 0.2) is 53.5 Å². The zero-order valence-corrected chi connectivity index (χ0v) is 19.1. The molecular weight excluding hydrogens is 487 g/mol. The molecule has 4 rings (SSSR count). The van der Waals surface area contributed by atoms with E-state index in [1.807, 2.05) is 0 Å². The Kier molecular flexibility index (Phi) is 6.75. The van der Waals surface area contributed by atoms with E-state index in [0.717, 1.165) is 18.6 Å². The van der Waals surface area contributed by atoms with Gasteiger partial charge < -0.3 is 19.9 Å². The van der Waals surface area contributed by atoms with E-state index in [-0.39, 0.29) is 30.1 Å². The zero-order chi connectivity index (χ0) is 25.3. The van der Waals surface area contributed by atoms with E-state index in [1.165, 1.54) is 15.5 Å². The van der Waals surface area contributed by atoms with Crippen LogP contribution in [0.5, 0.6) is 0 Å². The number of nitrogens with zero attached hydrogens (tertiary/aromatic N) is 2. The smallest absolute Gasteiger partial charge is 0.417 e. The fourth-order valence-corrected chi connectivity index (χ4v) is 4.58. The number of carboxylic acid groups (broad SMARTS) is 1. The zero-order valence-electron chi connectivity index (χ0n) is 18.3. The van der Waals surface area contributed by atoms with Gasteiger partial charge in [-0.25, -0.2) is 4.79 Å². The van der Waals surface area contributed by atoms with Crippen LogP contribution in [0, 0.1) is 0 Å². The fourth-order valence-electron chi connectivity index (χ4n) is 4.35. The van der Waals surface area contributed by atoms with Crippen LogP contribution in [0.4, 0.5) is 23.7 Å². The van der Waals surface area contributed by atoms with Gasteiger partial charge in [-0.3, -0.25) is 9.59 Å². The topological polar surface area (TPSA) is 91.6 Å². The predicted molar refractivity (Wildman–Crippen MR) is 125 cm³/mol. The van der Waals surface area contributed by atoms with Gasteiger partial charge in [0.1, 0.15) is 0 Å². The molecule has 3 aromatic rings. The lowest BCUT2D eigenvalue weighted by Gasteiger charge is -2.22. The minimum Gasteiger partial charge on any atom is -0.465 e. The van der Waals surface area contributed by atoms with Gasteiger partial charge in [-0.2, -0.15) is 13.2 Å². The highest BCUT2D eigenvalue weighted by Gasteiger charge is 2.33. The summed E-state index contributed by atoms with van der Waals surface area (Å²) in [5, 5.41) is 12.3. The van der Waals surface area contributed by atoms with Crippen molar-refractivity contribution in [3.63, 3.8) is 0 Å². The van der Waals surface area contributed by atoms with Crippen molar-refractivity contribution >= 4 is 40.1 Å². The van der Waals surface area contributed by atoms with Gasteiger partial charge in [-0.1, -0.05) is 23.7 Å². The number of hydrogen-bond acceptors (Lipinski definition) is 3. The third-order valence-electron chi connectivity index (χ3n) is 6.02. The molecule has 1 aliphatic heterocycles. The molecule has 2 N–H and O–H groups in total. The fraction of sp³-hybridized carbons (Fsp3) is 0.292. The minimum atomic E-state index is -4.64. The molecule has 7 nitrogen and oxygen atoms in total. The summed E-state index contributed by atoms with van der Waals surface area (Å²) in [6.45, 7) is 0.645. The second-order valence-corrected chi connectivity index (χ2v) is 8.76. The van der Waals surface area contributed by atoms with Crippen LogP contribution in [0.1, 0.15) is 24.0 Å². The monoisotopic (exact) mass is 507 g/mol. The van der Waals surface area contributed by atoms with E-state index in [1.54, 1.807) is 30.5 Å². The molecule has 0 saturated carbocycles. The minimum absolute atomic E-state index is 0.140. The van der Waals surface area contributed by atoms with Crippen LogP contribution in [-0.4, -0.2) is 39.2 Å². The molecule has 35 heavy (non-hydrogen) atoms. The van der Waals surface area contributed by atoms with Gasteiger partial charge in [0.15, 0.2) is 0 Å². The Morgan fingerprint density at radius 2 is 1.91 bits per heavy atom. The highest BCUT2D eigenvalue weighted by atomic mass is 35.5.